The SMILES string of the molecule is CN(C)C1(c2nnnn2C2CCCC2)CCN(C(=O)CC2=CCCCC2)C1. The first-order valence-electron chi connectivity index (χ1n) is 10.5. The topological polar surface area (TPSA) is 67.2 Å². The number of nitrogens with zero attached hydrogens (tertiary/aromatic N) is 6. The monoisotopic (exact) mass is 372 g/mol. The van der Waals surface area contributed by atoms with Gasteiger partial charge in [-0.1, -0.05) is 24.5 Å². The minimum Gasteiger partial charge on any atom is -0.340 e. The molecule has 1 aromatic rings. The van der Waals surface area contributed by atoms with Crippen LogP contribution in [-0.4, -0.2) is 63.1 Å². The normalized spacial score (nSPS) is 26.8. The Labute approximate surface area is 161 Å². The van der Waals surface area contributed by atoms with Crippen LogP contribution in [0, 0.1) is 0 Å². The number of carbonyl (C=O) groups excluding carboxylic acids is 1. The van der Waals surface area contributed by atoms with Crippen molar-refractivity contribution in [2.75, 3.05) is 27.2 Å². The first kappa shape index (κ1) is 18.6. The smallest absolute Gasteiger partial charge is 0.226 e. The molecular weight excluding hydrogens is 340 g/mol. The van der Waals surface area contributed by atoms with Gasteiger partial charge in [-0.05, 0) is 69.5 Å². The number of allylic oxidation sites excluding steroid dienone is 1. The number of hydrogen-bond acceptors (Lipinski definition) is 5. The molecule has 0 bridgehead atoms. The second-order valence-corrected chi connectivity index (χ2v) is 8.66. The molecule has 3 aliphatic rings. The van der Waals surface area contributed by atoms with Gasteiger partial charge in [0.15, 0.2) is 5.82 Å². The second kappa shape index (κ2) is 7.70. The van der Waals surface area contributed by atoms with Gasteiger partial charge in [0, 0.05) is 19.5 Å². The van der Waals surface area contributed by atoms with Crippen LogP contribution in [0.1, 0.15) is 76.1 Å². The zero-order chi connectivity index (χ0) is 18.9. The minimum atomic E-state index is -0.289. The maximum atomic E-state index is 12.9. The molecule has 7 heteroatoms. The Balaban J connectivity index is 1.53. The molecule has 1 amide bonds. The van der Waals surface area contributed by atoms with E-state index in [1.807, 2.05) is 4.90 Å². The Morgan fingerprint density at radius 3 is 2.78 bits per heavy atom. The Hall–Kier alpha value is -1.76. The van der Waals surface area contributed by atoms with Crippen molar-refractivity contribution in [2.24, 2.45) is 0 Å². The molecule has 7 nitrogen and oxygen atoms in total. The van der Waals surface area contributed by atoms with Gasteiger partial charge in [0.2, 0.25) is 5.91 Å². The van der Waals surface area contributed by atoms with Gasteiger partial charge in [-0.15, -0.1) is 5.10 Å². The average Bonchev–Trinajstić information content (AvgIpc) is 3.41. The first-order valence-corrected chi connectivity index (χ1v) is 10.5. The number of hydrogen-bond donors (Lipinski definition) is 0. The fraction of sp³-hybridized carbons (Fsp3) is 0.800. The van der Waals surface area contributed by atoms with E-state index in [0.717, 1.165) is 44.5 Å². The molecule has 1 saturated carbocycles. The van der Waals surface area contributed by atoms with Crippen molar-refractivity contribution in [3.8, 4) is 0 Å². The standard InChI is InChI=1S/C20H32N6O/c1-24(2)20(19-21-22-23-26(19)17-10-6-7-11-17)12-13-25(15-20)18(27)14-16-8-4-3-5-9-16/h8,17H,3-7,9-15H2,1-2H3. The van der Waals surface area contributed by atoms with E-state index in [1.165, 1.54) is 31.3 Å². The second-order valence-electron chi connectivity index (χ2n) is 8.66. The van der Waals surface area contributed by atoms with Crippen LogP contribution in [0.4, 0.5) is 0 Å². The third kappa shape index (κ3) is 3.53. The van der Waals surface area contributed by atoms with Crippen LogP contribution in [0.5, 0.6) is 0 Å². The zero-order valence-corrected chi connectivity index (χ0v) is 16.7. The Morgan fingerprint density at radius 2 is 2.07 bits per heavy atom. The van der Waals surface area contributed by atoms with Gasteiger partial charge >= 0.3 is 0 Å². The highest BCUT2D eigenvalue weighted by molar-refractivity contribution is 5.79. The average molecular weight is 373 g/mol. The maximum Gasteiger partial charge on any atom is 0.226 e. The molecule has 148 valence electrons. The molecule has 27 heavy (non-hydrogen) atoms. The molecule has 2 aliphatic carbocycles. The van der Waals surface area contributed by atoms with E-state index in [4.69, 9.17) is 0 Å². The van der Waals surface area contributed by atoms with Gasteiger partial charge in [0.05, 0.1) is 6.04 Å². The Kier molecular flexibility index (Phi) is 5.30. The third-order valence-corrected chi connectivity index (χ3v) is 6.80. The molecule has 2 heterocycles. The summed E-state index contributed by atoms with van der Waals surface area (Å²) in [6.45, 7) is 1.46. The molecule has 2 fully saturated rings. The van der Waals surface area contributed by atoms with Crippen LogP contribution in [-0.2, 0) is 10.3 Å². The largest absolute Gasteiger partial charge is 0.340 e. The van der Waals surface area contributed by atoms with E-state index >= 15 is 0 Å². The number of likely N-dealkylation sites (tertiary alicyclic amines) is 1. The lowest BCUT2D eigenvalue weighted by Crippen LogP contribution is -2.47. The summed E-state index contributed by atoms with van der Waals surface area (Å²) >= 11 is 0. The Bertz CT molecular complexity index is 705. The van der Waals surface area contributed by atoms with Crippen LogP contribution >= 0.6 is 0 Å². The van der Waals surface area contributed by atoms with Gasteiger partial charge in [0.1, 0.15) is 5.54 Å². The number of likely N-dealkylation sites (N-methyl/N-ethyl adjacent to an activating group) is 1. The summed E-state index contributed by atoms with van der Waals surface area (Å²) in [5, 5.41) is 12.8. The quantitative estimate of drug-likeness (QED) is 0.744. The minimum absolute atomic E-state index is 0.256. The van der Waals surface area contributed by atoms with E-state index in [1.54, 1.807) is 0 Å². The molecule has 0 N–H and O–H groups in total. The van der Waals surface area contributed by atoms with E-state index < -0.39 is 0 Å². The summed E-state index contributed by atoms with van der Waals surface area (Å²) in [4.78, 5) is 17.2. The summed E-state index contributed by atoms with van der Waals surface area (Å²) in [5.41, 5.74) is 1.03. The molecule has 1 aliphatic heterocycles. The zero-order valence-electron chi connectivity index (χ0n) is 16.7. The lowest BCUT2D eigenvalue weighted by Gasteiger charge is -2.35. The molecule has 0 spiro atoms. The fourth-order valence-electron chi connectivity index (χ4n) is 5.02. The first-order chi connectivity index (χ1) is 13.1. The number of aromatic nitrogens is 4. The summed E-state index contributed by atoms with van der Waals surface area (Å²) in [5.74, 6) is 1.19. The highest BCUT2D eigenvalue weighted by Crippen LogP contribution is 2.39. The fourth-order valence-corrected chi connectivity index (χ4v) is 5.02. The molecule has 0 aromatic carbocycles. The van der Waals surface area contributed by atoms with Crippen molar-refractivity contribution >= 4 is 5.91 Å². The molecule has 1 aromatic heterocycles. The van der Waals surface area contributed by atoms with E-state index in [0.29, 0.717) is 19.0 Å². The molecule has 4 rings (SSSR count). The van der Waals surface area contributed by atoms with E-state index in [2.05, 4.69) is 45.3 Å². The summed E-state index contributed by atoms with van der Waals surface area (Å²) in [6.07, 6.45) is 13.2. The molecule has 1 saturated heterocycles. The maximum absolute atomic E-state index is 12.9. The van der Waals surface area contributed by atoms with Crippen LogP contribution in [0.15, 0.2) is 11.6 Å². The molecule has 1 unspecified atom stereocenters. The van der Waals surface area contributed by atoms with Crippen LogP contribution < -0.4 is 0 Å². The number of rotatable bonds is 5. The predicted molar refractivity (Wildman–Crippen MR) is 103 cm³/mol. The molecule has 0 radical (unpaired) electrons. The molecular formula is C20H32N6O. The van der Waals surface area contributed by atoms with Crippen LogP contribution in [0.2, 0.25) is 0 Å². The van der Waals surface area contributed by atoms with Crippen molar-refractivity contribution < 1.29 is 4.79 Å². The predicted octanol–water partition coefficient (Wildman–Crippen LogP) is 2.67. The van der Waals surface area contributed by atoms with Crippen LogP contribution in [0.3, 0.4) is 0 Å². The number of amides is 1. The van der Waals surface area contributed by atoms with Gasteiger partial charge < -0.3 is 4.90 Å². The number of carbonyl (C=O) groups is 1. The molecule has 1 atom stereocenters. The van der Waals surface area contributed by atoms with Gasteiger partial charge in [-0.3, -0.25) is 9.69 Å². The highest BCUT2D eigenvalue weighted by atomic mass is 16.2. The van der Waals surface area contributed by atoms with Crippen molar-refractivity contribution in [3.05, 3.63) is 17.5 Å². The van der Waals surface area contributed by atoms with E-state index in [9.17, 15) is 4.79 Å². The third-order valence-electron chi connectivity index (χ3n) is 6.80. The van der Waals surface area contributed by atoms with Crippen molar-refractivity contribution in [1.82, 2.24) is 30.0 Å². The van der Waals surface area contributed by atoms with Crippen LogP contribution in [0.25, 0.3) is 0 Å². The van der Waals surface area contributed by atoms with Crippen molar-refractivity contribution in [2.45, 2.75) is 75.8 Å². The van der Waals surface area contributed by atoms with E-state index in [-0.39, 0.29) is 11.4 Å². The summed E-state index contributed by atoms with van der Waals surface area (Å²) in [6, 6.07) is 0.406. The number of tetrazole rings is 1. The summed E-state index contributed by atoms with van der Waals surface area (Å²) < 4.78 is 2.06. The summed E-state index contributed by atoms with van der Waals surface area (Å²) in [7, 11) is 4.18. The lowest BCUT2D eigenvalue weighted by molar-refractivity contribution is -0.130. The van der Waals surface area contributed by atoms with Gasteiger partial charge in [-0.2, -0.15) is 0 Å². The van der Waals surface area contributed by atoms with Crippen molar-refractivity contribution in [3.63, 3.8) is 0 Å². The highest BCUT2D eigenvalue weighted by Gasteiger charge is 2.47. The Morgan fingerprint density at radius 1 is 1.26 bits per heavy atom. The van der Waals surface area contributed by atoms with Gasteiger partial charge in [0.25, 0.3) is 0 Å². The van der Waals surface area contributed by atoms with Gasteiger partial charge in [-0.25, -0.2) is 4.68 Å². The lowest BCUT2D eigenvalue weighted by atomic mass is 9.95. The van der Waals surface area contributed by atoms with Crippen molar-refractivity contribution in [1.29, 1.82) is 0 Å².